The summed E-state index contributed by atoms with van der Waals surface area (Å²) < 4.78 is 18.7. The van der Waals surface area contributed by atoms with Gasteiger partial charge in [0.05, 0.1) is 0 Å². The van der Waals surface area contributed by atoms with E-state index in [1.807, 2.05) is 0 Å². The molecular formula is C18H25FN2O3. The van der Waals surface area contributed by atoms with Gasteiger partial charge in [-0.15, -0.1) is 0 Å². The van der Waals surface area contributed by atoms with Crippen molar-refractivity contribution in [1.29, 1.82) is 0 Å². The number of carbonyl (C=O) groups is 2. The molecule has 0 spiro atoms. The zero-order valence-corrected chi connectivity index (χ0v) is 14.5. The second-order valence-electron chi connectivity index (χ2n) is 6.74. The van der Waals surface area contributed by atoms with E-state index in [0.29, 0.717) is 31.3 Å². The molecule has 6 heteroatoms. The third-order valence-electron chi connectivity index (χ3n) is 4.24. The van der Waals surface area contributed by atoms with E-state index in [2.05, 4.69) is 5.32 Å². The molecule has 0 bridgehead atoms. The van der Waals surface area contributed by atoms with Crippen LogP contribution in [0.1, 0.15) is 33.6 Å². The number of ether oxygens (including phenoxy) is 1. The van der Waals surface area contributed by atoms with Crippen molar-refractivity contribution >= 4 is 11.8 Å². The average molecular weight is 336 g/mol. The first kappa shape index (κ1) is 18.2. The highest BCUT2D eigenvalue weighted by Gasteiger charge is 2.36. The van der Waals surface area contributed by atoms with E-state index < -0.39 is 5.60 Å². The van der Waals surface area contributed by atoms with Crippen LogP contribution in [0.2, 0.25) is 0 Å². The van der Waals surface area contributed by atoms with Crippen molar-refractivity contribution in [3.8, 4) is 5.75 Å². The third kappa shape index (κ3) is 4.94. The lowest BCUT2D eigenvalue weighted by atomic mass is 9.95. The number of rotatable bonds is 5. The summed E-state index contributed by atoms with van der Waals surface area (Å²) in [6.07, 6.45) is 1.72. The Labute approximate surface area is 142 Å². The molecule has 1 saturated heterocycles. The molecule has 0 atom stereocenters. The summed E-state index contributed by atoms with van der Waals surface area (Å²) in [5.74, 6) is 0.425. The van der Waals surface area contributed by atoms with Crippen LogP contribution >= 0.6 is 0 Å². The summed E-state index contributed by atoms with van der Waals surface area (Å²) >= 11 is 0. The first-order chi connectivity index (χ1) is 11.3. The Hall–Kier alpha value is -2.11. The van der Waals surface area contributed by atoms with Crippen molar-refractivity contribution in [3.63, 3.8) is 0 Å². The number of halogens is 1. The molecule has 1 aromatic rings. The molecule has 1 aromatic carbocycles. The number of hydrogen-bond acceptors (Lipinski definition) is 3. The summed E-state index contributed by atoms with van der Waals surface area (Å²) in [5.41, 5.74) is -1.01. The van der Waals surface area contributed by atoms with Crippen LogP contribution in [0, 0.1) is 11.7 Å². The predicted molar refractivity (Wildman–Crippen MR) is 89.1 cm³/mol. The van der Waals surface area contributed by atoms with E-state index in [1.165, 1.54) is 31.2 Å². The standard InChI is InChI=1S/C18H25FN2O3/c1-13(22)20-12-14-8-10-21(11-9-14)17(23)18(2,3)24-16-6-4-15(19)5-7-16/h4-7,14H,8-12H2,1-3H3,(H,20,22). The van der Waals surface area contributed by atoms with Gasteiger partial charge in [0.1, 0.15) is 11.6 Å². The predicted octanol–water partition coefficient (Wildman–Crippen LogP) is 2.36. The van der Waals surface area contributed by atoms with Crippen LogP contribution in [-0.4, -0.2) is 41.9 Å². The van der Waals surface area contributed by atoms with Crippen LogP contribution in [-0.2, 0) is 9.59 Å². The molecule has 0 aliphatic carbocycles. The Morgan fingerprint density at radius 2 is 1.83 bits per heavy atom. The molecule has 1 N–H and O–H groups in total. The summed E-state index contributed by atoms with van der Waals surface area (Å²) in [5, 5.41) is 2.83. The van der Waals surface area contributed by atoms with Crippen LogP contribution in [0.25, 0.3) is 0 Å². The van der Waals surface area contributed by atoms with Gasteiger partial charge >= 0.3 is 0 Å². The van der Waals surface area contributed by atoms with Crippen molar-refractivity contribution in [1.82, 2.24) is 10.2 Å². The van der Waals surface area contributed by atoms with E-state index in [4.69, 9.17) is 4.74 Å². The van der Waals surface area contributed by atoms with E-state index in [-0.39, 0.29) is 17.6 Å². The second-order valence-corrected chi connectivity index (χ2v) is 6.74. The van der Waals surface area contributed by atoms with E-state index in [1.54, 1.807) is 18.7 Å². The van der Waals surface area contributed by atoms with Gasteiger partial charge in [-0.1, -0.05) is 0 Å². The maximum atomic E-state index is 13.0. The summed E-state index contributed by atoms with van der Waals surface area (Å²) in [7, 11) is 0. The highest BCUT2D eigenvalue weighted by atomic mass is 19.1. The summed E-state index contributed by atoms with van der Waals surface area (Å²) in [4.78, 5) is 25.5. The largest absolute Gasteiger partial charge is 0.478 e. The normalized spacial score (nSPS) is 15.9. The highest BCUT2D eigenvalue weighted by Crippen LogP contribution is 2.24. The van der Waals surface area contributed by atoms with Crippen molar-refractivity contribution < 1.29 is 18.7 Å². The Bertz CT molecular complexity index is 578. The van der Waals surface area contributed by atoms with Crippen molar-refractivity contribution in [2.24, 2.45) is 5.92 Å². The fourth-order valence-corrected chi connectivity index (χ4v) is 2.85. The fourth-order valence-electron chi connectivity index (χ4n) is 2.85. The fraction of sp³-hybridized carbons (Fsp3) is 0.556. The molecule has 0 unspecified atom stereocenters. The van der Waals surface area contributed by atoms with Gasteiger partial charge in [-0.3, -0.25) is 9.59 Å². The number of benzene rings is 1. The lowest BCUT2D eigenvalue weighted by Crippen LogP contribution is -2.51. The number of amides is 2. The van der Waals surface area contributed by atoms with Crippen molar-refractivity contribution in [3.05, 3.63) is 30.1 Å². The SMILES string of the molecule is CC(=O)NCC1CCN(C(=O)C(C)(C)Oc2ccc(F)cc2)CC1. The monoisotopic (exact) mass is 336 g/mol. The third-order valence-corrected chi connectivity index (χ3v) is 4.24. The van der Waals surface area contributed by atoms with Gasteiger partial charge in [-0.2, -0.15) is 0 Å². The minimum Gasteiger partial charge on any atom is -0.478 e. The molecule has 1 aliphatic rings. The summed E-state index contributed by atoms with van der Waals surface area (Å²) in [6.45, 7) is 6.92. The molecule has 1 heterocycles. The van der Waals surface area contributed by atoms with Crippen LogP contribution < -0.4 is 10.1 Å². The van der Waals surface area contributed by atoms with Gasteiger partial charge in [-0.05, 0) is 56.9 Å². The van der Waals surface area contributed by atoms with Gasteiger partial charge in [0.15, 0.2) is 5.60 Å². The molecule has 5 nitrogen and oxygen atoms in total. The van der Waals surface area contributed by atoms with Gasteiger partial charge in [0.2, 0.25) is 5.91 Å². The average Bonchev–Trinajstić information content (AvgIpc) is 2.54. The van der Waals surface area contributed by atoms with Crippen molar-refractivity contribution in [2.75, 3.05) is 19.6 Å². The lowest BCUT2D eigenvalue weighted by molar-refractivity contribution is -0.147. The minimum absolute atomic E-state index is 0.0256. The zero-order valence-electron chi connectivity index (χ0n) is 14.5. The second kappa shape index (κ2) is 7.64. The van der Waals surface area contributed by atoms with Gasteiger partial charge in [0.25, 0.3) is 5.91 Å². The van der Waals surface area contributed by atoms with Crippen molar-refractivity contribution in [2.45, 2.75) is 39.2 Å². The Balaban J connectivity index is 1.88. The van der Waals surface area contributed by atoms with E-state index in [0.717, 1.165) is 12.8 Å². The van der Waals surface area contributed by atoms with E-state index >= 15 is 0 Å². The van der Waals surface area contributed by atoms with E-state index in [9.17, 15) is 14.0 Å². The van der Waals surface area contributed by atoms with Gasteiger partial charge < -0.3 is 15.0 Å². The number of piperidine rings is 1. The van der Waals surface area contributed by atoms with Gasteiger partial charge in [-0.25, -0.2) is 4.39 Å². The molecule has 132 valence electrons. The Morgan fingerprint density at radius 1 is 1.25 bits per heavy atom. The molecule has 0 radical (unpaired) electrons. The maximum absolute atomic E-state index is 13.0. The molecule has 0 aromatic heterocycles. The molecule has 0 saturated carbocycles. The van der Waals surface area contributed by atoms with Crippen LogP contribution in [0.5, 0.6) is 5.75 Å². The van der Waals surface area contributed by atoms with Crippen LogP contribution in [0.4, 0.5) is 4.39 Å². The summed E-state index contributed by atoms with van der Waals surface area (Å²) in [6, 6.07) is 5.65. The minimum atomic E-state index is -1.01. The lowest BCUT2D eigenvalue weighted by Gasteiger charge is -2.37. The molecule has 2 rings (SSSR count). The van der Waals surface area contributed by atoms with Crippen LogP contribution in [0.3, 0.4) is 0 Å². The number of likely N-dealkylation sites (tertiary alicyclic amines) is 1. The smallest absolute Gasteiger partial charge is 0.266 e. The topological polar surface area (TPSA) is 58.6 Å². The molecule has 2 amide bonds. The molecular weight excluding hydrogens is 311 g/mol. The quantitative estimate of drug-likeness (QED) is 0.898. The molecule has 24 heavy (non-hydrogen) atoms. The molecule has 1 fully saturated rings. The highest BCUT2D eigenvalue weighted by molar-refractivity contribution is 5.85. The molecule has 1 aliphatic heterocycles. The van der Waals surface area contributed by atoms with Gasteiger partial charge in [0, 0.05) is 26.6 Å². The first-order valence-electron chi connectivity index (χ1n) is 8.26. The number of carbonyl (C=O) groups excluding carboxylic acids is 2. The number of hydrogen-bond donors (Lipinski definition) is 1. The maximum Gasteiger partial charge on any atom is 0.266 e. The Kier molecular flexibility index (Phi) is 5.80. The zero-order chi connectivity index (χ0) is 17.7. The van der Waals surface area contributed by atoms with Crippen LogP contribution in [0.15, 0.2) is 24.3 Å². The number of nitrogens with one attached hydrogen (secondary N) is 1. The number of nitrogens with zero attached hydrogens (tertiary/aromatic N) is 1. The Morgan fingerprint density at radius 3 is 2.38 bits per heavy atom. The first-order valence-corrected chi connectivity index (χ1v) is 8.26.